The first-order chi connectivity index (χ1) is 10.1. The summed E-state index contributed by atoms with van der Waals surface area (Å²) in [6.07, 6.45) is 0.799. The molecule has 0 saturated carbocycles. The Morgan fingerprint density at radius 2 is 2.00 bits per heavy atom. The summed E-state index contributed by atoms with van der Waals surface area (Å²) < 4.78 is 12.3. The van der Waals surface area contributed by atoms with Crippen molar-refractivity contribution < 1.29 is 9.47 Å². The predicted octanol–water partition coefficient (Wildman–Crippen LogP) is 3.85. The summed E-state index contributed by atoms with van der Waals surface area (Å²) in [5.41, 5.74) is 9.01. The van der Waals surface area contributed by atoms with Gasteiger partial charge in [-0.3, -0.25) is 0 Å². The monoisotopic (exact) mass is 349 g/mol. The second-order valence-corrected chi connectivity index (χ2v) is 5.81. The zero-order valence-corrected chi connectivity index (χ0v) is 13.9. The van der Waals surface area contributed by atoms with E-state index in [2.05, 4.69) is 28.1 Å². The molecule has 0 bridgehead atoms. The molecule has 2 N–H and O–H groups in total. The van der Waals surface area contributed by atoms with Gasteiger partial charge in [0.1, 0.15) is 18.1 Å². The maximum atomic E-state index is 6.03. The van der Waals surface area contributed by atoms with Crippen LogP contribution < -0.4 is 15.2 Å². The molecule has 0 saturated heterocycles. The molecule has 0 radical (unpaired) electrons. The second-order valence-electron chi connectivity index (χ2n) is 4.89. The number of hydrogen-bond acceptors (Lipinski definition) is 3. The van der Waals surface area contributed by atoms with Crippen LogP contribution in [0.2, 0.25) is 0 Å². The molecule has 0 aromatic heterocycles. The Morgan fingerprint density at radius 3 is 2.71 bits per heavy atom. The maximum Gasteiger partial charge on any atom is 0.126 e. The van der Waals surface area contributed by atoms with Gasteiger partial charge in [-0.05, 0) is 60.8 Å². The van der Waals surface area contributed by atoms with Gasteiger partial charge in [0.25, 0.3) is 0 Å². The van der Waals surface area contributed by atoms with E-state index in [0.29, 0.717) is 13.2 Å². The lowest BCUT2D eigenvalue weighted by atomic mass is 10.1. The highest BCUT2D eigenvalue weighted by molar-refractivity contribution is 9.10. The largest absolute Gasteiger partial charge is 0.497 e. The van der Waals surface area contributed by atoms with Gasteiger partial charge >= 0.3 is 0 Å². The summed E-state index contributed by atoms with van der Waals surface area (Å²) in [6.45, 7) is 3.16. The number of benzene rings is 2. The van der Waals surface area contributed by atoms with Gasteiger partial charge in [-0.25, -0.2) is 0 Å². The molecule has 0 fully saturated rings. The van der Waals surface area contributed by atoms with Gasteiger partial charge in [0, 0.05) is 4.47 Å². The van der Waals surface area contributed by atoms with Gasteiger partial charge in [-0.2, -0.15) is 0 Å². The van der Waals surface area contributed by atoms with Crippen molar-refractivity contribution in [3.63, 3.8) is 0 Å². The summed E-state index contributed by atoms with van der Waals surface area (Å²) in [6, 6.07) is 12.0. The van der Waals surface area contributed by atoms with Gasteiger partial charge < -0.3 is 15.2 Å². The normalized spacial score (nSPS) is 10.5. The Kier molecular flexibility index (Phi) is 5.65. The first-order valence-corrected chi connectivity index (χ1v) is 7.68. The standard InChI is InChI=1S/C17H20BrNO2/c1-12-8-15(18)10-14(6-7-19)17(12)21-11-13-4-3-5-16(9-13)20-2/h3-5,8-10H,6-7,11,19H2,1-2H3. The molecule has 4 heteroatoms. The molecular formula is C17H20BrNO2. The Labute approximate surface area is 134 Å². The number of hydrogen-bond donors (Lipinski definition) is 1. The highest BCUT2D eigenvalue weighted by atomic mass is 79.9. The predicted molar refractivity (Wildman–Crippen MR) is 89.0 cm³/mol. The van der Waals surface area contributed by atoms with E-state index in [1.165, 1.54) is 0 Å². The summed E-state index contributed by atoms with van der Waals surface area (Å²) in [5, 5.41) is 0. The molecular weight excluding hydrogens is 330 g/mol. The molecule has 0 unspecified atom stereocenters. The van der Waals surface area contributed by atoms with E-state index in [4.69, 9.17) is 15.2 Å². The van der Waals surface area contributed by atoms with Crippen molar-refractivity contribution in [3.05, 3.63) is 57.6 Å². The van der Waals surface area contributed by atoms with E-state index in [1.807, 2.05) is 31.2 Å². The van der Waals surface area contributed by atoms with Crippen molar-refractivity contribution in [2.45, 2.75) is 20.0 Å². The lowest BCUT2D eigenvalue weighted by molar-refractivity contribution is 0.300. The summed E-state index contributed by atoms with van der Waals surface area (Å²) >= 11 is 3.52. The molecule has 2 aromatic rings. The molecule has 0 aliphatic rings. The topological polar surface area (TPSA) is 44.5 Å². The highest BCUT2D eigenvalue weighted by Crippen LogP contribution is 2.29. The van der Waals surface area contributed by atoms with Crippen molar-refractivity contribution in [2.24, 2.45) is 5.73 Å². The first-order valence-electron chi connectivity index (χ1n) is 6.89. The average Bonchev–Trinajstić information content (AvgIpc) is 2.47. The number of nitrogens with two attached hydrogens (primary N) is 1. The fourth-order valence-electron chi connectivity index (χ4n) is 2.26. The van der Waals surface area contributed by atoms with Gasteiger partial charge in [0.15, 0.2) is 0 Å². The Morgan fingerprint density at radius 1 is 1.19 bits per heavy atom. The molecule has 3 nitrogen and oxygen atoms in total. The van der Waals surface area contributed by atoms with Gasteiger partial charge in [-0.1, -0.05) is 28.1 Å². The molecule has 112 valence electrons. The van der Waals surface area contributed by atoms with Crippen molar-refractivity contribution in [2.75, 3.05) is 13.7 Å². The molecule has 2 rings (SSSR count). The van der Waals surface area contributed by atoms with Crippen LogP contribution in [0.1, 0.15) is 16.7 Å². The minimum atomic E-state index is 0.511. The lowest BCUT2D eigenvalue weighted by Crippen LogP contribution is -2.07. The SMILES string of the molecule is COc1cccc(COc2c(C)cc(Br)cc2CCN)c1. The lowest BCUT2D eigenvalue weighted by Gasteiger charge is -2.15. The fourth-order valence-corrected chi connectivity index (χ4v) is 2.88. The summed E-state index contributed by atoms with van der Waals surface area (Å²) in [4.78, 5) is 0. The zero-order chi connectivity index (χ0) is 15.2. The van der Waals surface area contributed by atoms with E-state index >= 15 is 0 Å². The second kappa shape index (κ2) is 7.48. The number of halogens is 1. The zero-order valence-electron chi connectivity index (χ0n) is 12.4. The number of methoxy groups -OCH3 is 1. The van der Waals surface area contributed by atoms with Crippen LogP contribution in [0.4, 0.5) is 0 Å². The third kappa shape index (κ3) is 4.22. The minimum absolute atomic E-state index is 0.511. The first kappa shape index (κ1) is 15.9. The van der Waals surface area contributed by atoms with E-state index in [9.17, 15) is 0 Å². The molecule has 0 aliphatic heterocycles. The van der Waals surface area contributed by atoms with Gasteiger partial charge in [0.2, 0.25) is 0 Å². The van der Waals surface area contributed by atoms with Crippen LogP contribution >= 0.6 is 15.9 Å². The van der Waals surface area contributed by atoms with E-state index in [-0.39, 0.29) is 0 Å². The number of rotatable bonds is 6. The molecule has 0 spiro atoms. The number of ether oxygens (including phenoxy) is 2. The van der Waals surface area contributed by atoms with Crippen molar-refractivity contribution >= 4 is 15.9 Å². The van der Waals surface area contributed by atoms with Crippen LogP contribution in [-0.2, 0) is 13.0 Å². The van der Waals surface area contributed by atoms with Crippen LogP contribution in [-0.4, -0.2) is 13.7 Å². The molecule has 0 heterocycles. The minimum Gasteiger partial charge on any atom is -0.497 e. The molecule has 0 atom stereocenters. The molecule has 21 heavy (non-hydrogen) atoms. The average molecular weight is 350 g/mol. The quantitative estimate of drug-likeness (QED) is 0.861. The van der Waals surface area contributed by atoms with Crippen LogP contribution in [0.25, 0.3) is 0 Å². The molecule has 0 amide bonds. The van der Waals surface area contributed by atoms with Crippen LogP contribution in [0, 0.1) is 6.92 Å². The Balaban J connectivity index is 2.18. The van der Waals surface area contributed by atoms with Crippen molar-refractivity contribution in [1.29, 1.82) is 0 Å². The number of aryl methyl sites for hydroxylation is 1. The third-order valence-electron chi connectivity index (χ3n) is 3.25. The van der Waals surface area contributed by atoms with E-state index in [0.717, 1.165) is 39.1 Å². The molecule has 2 aromatic carbocycles. The summed E-state index contributed by atoms with van der Waals surface area (Å²) in [7, 11) is 1.66. The Hall–Kier alpha value is -1.52. The van der Waals surface area contributed by atoms with E-state index in [1.54, 1.807) is 7.11 Å². The van der Waals surface area contributed by atoms with Gasteiger partial charge in [0.05, 0.1) is 7.11 Å². The van der Waals surface area contributed by atoms with Gasteiger partial charge in [-0.15, -0.1) is 0 Å². The molecule has 0 aliphatic carbocycles. The van der Waals surface area contributed by atoms with Crippen LogP contribution in [0.5, 0.6) is 11.5 Å². The smallest absolute Gasteiger partial charge is 0.126 e. The van der Waals surface area contributed by atoms with Crippen molar-refractivity contribution in [3.8, 4) is 11.5 Å². The Bertz CT molecular complexity index is 614. The fraction of sp³-hybridized carbons (Fsp3) is 0.294. The van der Waals surface area contributed by atoms with Crippen LogP contribution in [0.15, 0.2) is 40.9 Å². The maximum absolute atomic E-state index is 6.03. The third-order valence-corrected chi connectivity index (χ3v) is 3.71. The summed E-state index contributed by atoms with van der Waals surface area (Å²) in [5.74, 6) is 1.76. The van der Waals surface area contributed by atoms with Crippen molar-refractivity contribution in [1.82, 2.24) is 0 Å². The highest BCUT2D eigenvalue weighted by Gasteiger charge is 2.09. The van der Waals surface area contributed by atoms with E-state index < -0.39 is 0 Å². The van der Waals surface area contributed by atoms with Crippen LogP contribution in [0.3, 0.4) is 0 Å².